The number of hydrogen-bond acceptors (Lipinski definition) is 1. The molecule has 0 fully saturated rings. The molecule has 2 amide bonds. The Morgan fingerprint density at radius 2 is 2.43 bits per heavy atom. The summed E-state index contributed by atoms with van der Waals surface area (Å²) >= 11 is 0. The lowest BCUT2D eigenvalue weighted by molar-refractivity contribution is 0.252. The van der Waals surface area contributed by atoms with Crippen LogP contribution < -0.4 is 11.1 Å². The lowest BCUT2D eigenvalue weighted by atomic mass is 10.7. The van der Waals surface area contributed by atoms with Crippen LogP contribution in [0.3, 0.4) is 0 Å². The summed E-state index contributed by atoms with van der Waals surface area (Å²) in [4.78, 5) is 9.82. The summed E-state index contributed by atoms with van der Waals surface area (Å²) in [6.45, 7) is 1.79. The molecule has 3 nitrogen and oxygen atoms in total. The van der Waals surface area contributed by atoms with Crippen molar-refractivity contribution in [1.29, 1.82) is 0 Å². The van der Waals surface area contributed by atoms with Crippen LogP contribution in [0.4, 0.5) is 4.79 Å². The summed E-state index contributed by atoms with van der Waals surface area (Å²) in [5.74, 6) is 0. The van der Waals surface area contributed by atoms with Crippen molar-refractivity contribution in [2.24, 2.45) is 5.73 Å². The van der Waals surface area contributed by atoms with E-state index in [0.717, 1.165) is 0 Å². The molecule has 0 aliphatic carbocycles. The highest BCUT2D eigenvalue weighted by atomic mass is 16.2. The van der Waals surface area contributed by atoms with Crippen molar-refractivity contribution < 1.29 is 4.79 Å². The molecule has 7 heavy (non-hydrogen) atoms. The maximum atomic E-state index is 9.82. The normalized spacial score (nSPS) is 9.29. The second kappa shape index (κ2) is 3.21. The van der Waals surface area contributed by atoms with Crippen molar-refractivity contribution >= 4 is 6.03 Å². The van der Waals surface area contributed by atoms with Crippen LogP contribution in [0.5, 0.6) is 0 Å². The number of amides is 2. The van der Waals surface area contributed by atoms with Gasteiger partial charge in [0.05, 0.1) is 0 Å². The zero-order valence-electron chi connectivity index (χ0n) is 4.14. The molecule has 0 aromatic carbocycles. The molecule has 0 radical (unpaired) electrons. The lowest BCUT2D eigenvalue weighted by Crippen LogP contribution is -2.23. The van der Waals surface area contributed by atoms with Gasteiger partial charge < -0.3 is 11.1 Å². The number of nitrogens with one attached hydrogen (secondary N) is 1. The first kappa shape index (κ1) is 6.01. The molecule has 0 heterocycles. The quantitative estimate of drug-likeness (QED) is 0.485. The highest BCUT2D eigenvalue weighted by Gasteiger charge is 1.77. The van der Waals surface area contributed by atoms with E-state index in [4.69, 9.17) is 0 Å². The minimum atomic E-state index is -0.530. The summed E-state index contributed by atoms with van der Waals surface area (Å²) in [7, 11) is 0. The van der Waals surface area contributed by atoms with Gasteiger partial charge in [0.1, 0.15) is 0 Å². The smallest absolute Gasteiger partial charge is 0.316 e. The summed E-state index contributed by atoms with van der Waals surface area (Å²) in [5, 5.41) is 2.25. The number of nitrogens with two attached hydrogens (primary N) is 1. The second-order valence-electron chi connectivity index (χ2n) is 1.01. The Morgan fingerprint density at radius 1 is 1.86 bits per heavy atom. The first-order chi connectivity index (χ1) is 3.27. The molecule has 0 saturated heterocycles. The average molecular weight is 100 g/mol. The Hall–Kier alpha value is -0.990. The topological polar surface area (TPSA) is 55.1 Å². The van der Waals surface area contributed by atoms with Gasteiger partial charge >= 0.3 is 6.03 Å². The van der Waals surface area contributed by atoms with Crippen LogP contribution in [0, 0.1) is 0 Å². The lowest BCUT2D eigenvalue weighted by Gasteiger charge is -1.85. The third-order valence-electron chi connectivity index (χ3n) is 0.392. The first-order valence-corrected chi connectivity index (χ1v) is 1.94. The summed E-state index contributed by atoms with van der Waals surface area (Å²) in [6, 6.07) is -0.530. The molecular weight excluding hydrogens is 92.1 g/mol. The van der Waals surface area contributed by atoms with E-state index in [9.17, 15) is 4.79 Å². The fourth-order valence-corrected chi connectivity index (χ4v) is 0.165. The van der Waals surface area contributed by atoms with E-state index in [1.54, 1.807) is 13.0 Å². The summed E-state index contributed by atoms with van der Waals surface area (Å²) in [6.07, 6.45) is 3.16. The van der Waals surface area contributed by atoms with Gasteiger partial charge in [0.2, 0.25) is 0 Å². The minimum absolute atomic E-state index is 0.530. The Kier molecular flexibility index (Phi) is 2.76. The van der Waals surface area contributed by atoms with Crippen molar-refractivity contribution in [3.8, 4) is 0 Å². The second-order valence-corrected chi connectivity index (χ2v) is 1.01. The van der Waals surface area contributed by atoms with E-state index >= 15 is 0 Å². The van der Waals surface area contributed by atoms with Gasteiger partial charge in [0.25, 0.3) is 0 Å². The van der Waals surface area contributed by atoms with Gasteiger partial charge in [0.15, 0.2) is 0 Å². The highest BCUT2D eigenvalue weighted by molar-refractivity contribution is 5.72. The van der Waals surface area contributed by atoms with Gasteiger partial charge in [-0.05, 0) is 6.92 Å². The van der Waals surface area contributed by atoms with E-state index in [1.807, 2.05) is 0 Å². The van der Waals surface area contributed by atoms with E-state index in [0.29, 0.717) is 0 Å². The third kappa shape index (κ3) is 5.01. The molecule has 0 bridgehead atoms. The van der Waals surface area contributed by atoms with Gasteiger partial charge in [-0.2, -0.15) is 0 Å². The molecule has 0 saturated carbocycles. The Morgan fingerprint density at radius 3 is 2.57 bits per heavy atom. The highest BCUT2D eigenvalue weighted by Crippen LogP contribution is 1.59. The number of rotatable bonds is 1. The number of primary amides is 1. The van der Waals surface area contributed by atoms with Crippen molar-refractivity contribution in [1.82, 2.24) is 5.32 Å². The van der Waals surface area contributed by atoms with Crippen molar-refractivity contribution in [2.45, 2.75) is 6.92 Å². The fraction of sp³-hybridized carbons (Fsp3) is 0.250. The van der Waals surface area contributed by atoms with E-state index in [2.05, 4.69) is 11.1 Å². The van der Waals surface area contributed by atoms with Crippen LogP contribution in [-0.2, 0) is 0 Å². The maximum Gasteiger partial charge on any atom is 0.316 e. The van der Waals surface area contributed by atoms with Gasteiger partial charge in [0, 0.05) is 6.20 Å². The zero-order valence-corrected chi connectivity index (χ0v) is 4.14. The predicted octanol–water partition coefficient (Wildman–Crippen LogP) is 0.188. The molecule has 40 valence electrons. The molecule has 0 aliphatic rings. The Labute approximate surface area is 42.2 Å². The number of hydrogen-bond donors (Lipinski definition) is 2. The SMILES string of the molecule is C/C=C/NC(N)=O. The average Bonchev–Trinajstić information content (AvgIpc) is 1.61. The van der Waals surface area contributed by atoms with Crippen LogP contribution in [0.25, 0.3) is 0 Å². The molecule has 0 unspecified atom stereocenters. The van der Waals surface area contributed by atoms with Crippen LogP contribution in [-0.4, -0.2) is 6.03 Å². The number of carbonyl (C=O) groups excluding carboxylic acids is 1. The summed E-state index contributed by atoms with van der Waals surface area (Å²) < 4.78 is 0. The van der Waals surface area contributed by atoms with Gasteiger partial charge in [-0.1, -0.05) is 6.08 Å². The van der Waals surface area contributed by atoms with E-state index in [-0.39, 0.29) is 0 Å². The molecular formula is C4H8N2O. The molecule has 0 spiro atoms. The molecule has 0 aromatic rings. The predicted molar refractivity (Wildman–Crippen MR) is 27.5 cm³/mol. The van der Waals surface area contributed by atoms with Crippen molar-refractivity contribution in [3.05, 3.63) is 12.3 Å². The standard InChI is InChI=1S/C4H8N2O/c1-2-3-6-4(5)7/h2-3H,1H3,(H3,5,6,7)/b3-2+. The third-order valence-corrected chi connectivity index (χ3v) is 0.392. The molecule has 0 aromatic heterocycles. The number of urea groups is 1. The van der Waals surface area contributed by atoms with Crippen LogP contribution >= 0.6 is 0 Å². The van der Waals surface area contributed by atoms with Gasteiger partial charge in [-0.3, -0.25) is 0 Å². The van der Waals surface area contributed by atoms with Crippen molar-refractivity contribution in [3.63, 3.8) is 0 Å². The molecule has 0 rings (SSSR count). The minimum Gasteiger partial charge on any atom is -0.351 e. The molecule has 0 aliphatic heterocycles. The number of carbonyl (C=O) groups is 1. The van der Waals surface area contributed by atoms with Gasteiger partial charge in [-0.15, -0.1) is 0 Å². The van der Waals surface area contributed by atoms with Crippen LogP contribution in [0.1, 0.15) is 6.92 Å². The monoisotopic (exact) mass is 100 g/mol. The maximum absolute atomic E-state index is 9.82. The Bertz CT molecular complexity index is 87.7. The largest absolute Gasteiger partial charge is 0.351 e. The van der Waals surface area contributed by atoms with Crippen LogP contribution in [0.2, 0.25) is 0 Å². The first-order valence-electron chi connectivity index (χ1n) is 1.94. The van der Waals surface area contributed by atoms with Gasteiger partial charge in [-0.25, -0.2) is 4.79 Å². The molecule has 3 heteroatoms. The fourth-order valence-electron chi connectivity index (χ4n) is 0.165. The van der Waals surface area contributed by atoms with Crippen molar-refractivity contribution in [2.75, 3.05) is 0 Å². The molecule has 3 N–H and O–H groups in total. The van der Waals surface area contributed by atoms with Crippen LogP contribution in [0.15, 0.2) is 12.3 Å². The van der Waals surface area contributed by atoms with E-state index in [1.165, 1.54) is 6.20 Å². The summed E-state index contributed by atoms with van der Waals surface area (Å²) in [5.41, 5.74) is 4.68. The zero-order chi connectivity index (χ0) is 5.70. The number of allylic oxidation sites excluding steroid dienone is 1. The Balaban J connectivity index is 3.14. The molecule has 0 atom stereocenters. The van der Waals surface area contributed by atoms with E-state index < -0.39 is 6.03 Å².